The van der Waals surface area contributed by atoms with Crippen LogP contribution in [0.25, 0.3) is 11.4 Å². The molecule has 7 nitrogen and oxygen atoms in total. The zero-order valence-corrected chi connectivity index (χ0v) is 14.0. The lowest BCUT2D eigenvalue weighted by Crippen LogP contribution is -2.10. The van der Waals surface area contributed by atoms with Crippen LogP contribution in [0.15, 0.2) is 40.9 Å². The van der Waals surface area contributed by atoms with Crippen LogP contribution in [0.5, 0.6) is 0 Å². The number of nitrogens with one attached hydrogen (secondary N) is 1. The minimum atomic E-state index is -1.10. The third kappa shape index (κ3) is 3.62. The van der Waals surface area contributed by atoms with Crippen LogP contribution in [0.1, 0.15) is 18.9 Å². The molecule has 1 atom stereocenters. The highest BCUT2D eigenvalue weighted by atomic mass is 35.5. The van der Waals surface area contributed by atoms with Gasteiger partial charge in [0.15, 0.2) is 11.6 Å². The van der Waals surface area contributed by atoms with Gasteiger partial charge in [-0.1, -0.05) is 16.8 Å². The summed E-state index contributed by atoms with van der Waals surface area (Å²) >= 11 is 5.82. The van der Waals surface area contributed by atoms with Crippen LogP contribution < -0.4 is 5.32 Å². The number of hydrogen-bond acceptors (Lipinski definition) is 6. The zero-order valence-electron chi connectivity index (χ0n) is 13.2. The standard InChI is InChI=1S/C16H11ClF2N4O3/c1-8(20-14-12(18)6-11(23(24)25)7-13(14)19)16-21-15(22-26-16)9-2-4-10(17)5-3-9/h2-8,20H,1H3/t8-/m1/s1. The number of hydrogen-bond donors (Lipinski definition) is 1. The molecule has 1 N–H and O–H groups in total. The summed E-state index contributed by atoms with van der Waals surface area (Å²) in [6.45, 7) is 1.56. The first-order chi connectivity index (χ1) is 12.3. The number of non-ortho nitro benzene ring substituents is 1. The Hall–Kier alpha value is -3.07. The second kappa shape index (κ2) is 7.04. The van der Waals surface area contributed by atoms with Gasteiger partial charge in [0.25, 0.3) is 5.69 Å². The van der Waals surface area contributed by atoms with Crippen molar-refractivity contribution in [1.82, 2.24) is 10.1 Å². The number of rotatable bonds is 5. The number of nitro groups is 1. The molecule has 0 spiro atoms. The number of nitro benzene ring substituents is 1. The summed E-state index contributed by atoms with van der Waals surface area (Å²) < 4.78 is 33.1. The van der Waals surface area contributed by atoms with Crippen LogP contribution in [-0.2, 0) is 0 Å². The average molecular weight is 381 g/mol. The smallest absolute Gasteiger partial charge is 0.275 e. The summed E-state index contributed by atoms with van der Waals surface area (Å²) in [6.07, 6.45) is 0. The summed E-state index contributed by atoms with van der Waals surface area (Å²) in [5.74, 6) is -1.82. The molecular weight excluding hydrogens is 370 g/mol. The molecule has 1 aromatic heterocycles. The van der Waals surface area contributed by atoms with E-state index in [1.54, 1.807) is 31.2 Å². The lowest BCUT2D eigenvalue weighted by atomic mass is 10.2. The SMILES string of the molecule is C[C@@H](Nc1c(F)cc([N+](=O)[O-])cc1F)c1nc(-c2ccc(Cl)cc2)no1. The number of benzene rings is 2. The molecule has 2 aromatic carbocycles. The Morgan fingerprint density at radius 2 is 1.85 bits per heavy atom. The lowest BCUT2D eigenvalue weighted by Gasteiger charge is -2.12. The van der Waals surface area contributed by atoms with Gasteiger partial charge >= 0.3 is 0 Å². The Kier molecular flexibility index (Phi) is 4.81. The normalized spacial score (nSPS) is 12.0. The van der Waals surface area contributed by atoms with E-state index >= 15 is 0 Å². The summed E-state index contributed by atoms with van der Waals surface area (Å²) in [4.78, 5) is 13.9. The van der Waals surface area contributed by atoms with Gasteiger partial charge in [0.05, 0.1) is 17.1 Å². The summed E-state index contributed by atoms with van der Waals surface area (Å²) in [6, 6.07) is 7.24. The highest BCUT2D eigenvalue weighted by Gasteiger charge is 2.21. The largest absolute Gasteiger partial charge is 0.369 e. The van der Waals surface area contributed by atoms with Gasteiger partial charge in [-0.3, -0.25) is 10.1 Å². The molecule has 3 rings (SSSR count). The second-order valence-electron chi connectivity index (χ2n) is 5.37. The van der Waals surface area contributed by atoms with Crippen molar-refractivity contribution in [3.8, 4) is 11.4 Å². The number of nitrogens with zero attached hydrogens (tertiary/aromatic N) is 3. The molecule has 3 aromatic rings. The fraction of sp³-hybridized carbons (Fsp3) is 0.125. The Morgan fingerprint density at radius 1 is 1.23 bits per heavy atom. The van der Waals surface area contributed by atoms with Crippen molar-refractivity contribution < 1.29 is 18.2 Å². The first-order valence-electron chi connectivity index (χ1n) is 7.34. The molecule has 0 aliphatic rings. The highest BCUT2D eigenvalue weighted by Crippen LogP contribution is 2.28. The monoisotopic (exact) mass is 380 g/mol. The number of anilines is 1. The van der Waals surface area contributed by atoms with E-state index in [1.165, 1.54) is 0 Å². The third-order valence-corrected chi connectivity index (χ3v) is 3.77. The molecule has 0 saturated heterocycles. The van der Waals surface area contributed by atoms with Crippen LogP contribution >= 0.6 is 11.6 Å². The average Bonchev–Trinajstić information content (AvgIpc) is 3.08. The zero-order chi connectivity index (χ0) is 18.8. The first kappa shape index (κ1) is 17.7. The molecule has 10 heteroatoms. The maximum atomic E-state index is 14.0. The van der Waals surface area contributed by atoms with Crippen molar-refractivity contribution in [2.45, 2.75) is 13.0 Å². The van der Waals surface area contributed by atoms with E-state index in [1.807, 2.05) is 0 Å². The fourth-order valence-electron chi connectivity index (χ4n) is 2.21. The molecule has 0 radical (unpaired) electrons. The van der Waals surface area contributed by atoms with Crippen molar-refractivity contribution in [2.75, 3.05) is 5.32 Å². The van der Waals surface area contributed by atoms with E-state index in [-0.39, 0.29) is 11.7 Å². The Morgan fingerprint density at radius 3 is 2.42 bits per heavy atom. The molecule has 0 amide bonds. The fourth-order valence-corrected chi connectivity index (χ4v) is 2.33. The van der Waals surface area contributed by atoms with E-state index in [2.05, 4.69) is 15.5 Å². The van der Waals surface area contributed by atoms with E-state index in [4.69, 9.17) is 16.1 Å². The van der Waals surface area contributed by atoms with Gasteiger partial charge in [0.1, 0.15) is 11.7 Å². The Balaban J connectivity index is 1.82. The first-order valence-corrected chi connectivity index (χ1v) is 7.72. The molecular formula is C16H11ClF2N4O3. The van der Waals surface area contributed by atoms with Gasteiger partial charge in [-0.05, 0) is 31.2 Å². The second-order valence-corrected chi connectivity index (χ2v) is 5.81. The third-order valence-electron chi connectivity index (χ3n) is 3.51. The van der Waals surface area contributed by atoms with Gasteiger partial charge in [-0.25, -0.2) is 8.78 Å². The molecule has 26 heavy (non-hydrogen) atoms. The van der Waals surface area contributed by atoms with Gasteiger partial charge in [0, 0.05) is 10.6 Å². The molecule has 0 unspecified atom stereocenters. The minimum Gasteiger partial charge on any atom is -0.369 e. The van der Waals surface area contributed by atoms with E-state index in [0.29, 0.717) is 22.7 Å². The van der Waals surface area contributed by atoms with Crippen molar-refractivity contribution in [1.29, 1.82) is 0 Å². The molecule has 0 aliphatic heterocycles. The molecule has 134 valence electrons. The highest BCUT2D eigenvalue weighted by molar-refractivity contribution is 6.30. The molecule has 1 heterocycles. The molecule has 0 fully saturated rings. The minimum absolute atomic E-state index is 0.0899. The van der Waals surface area contributed by atoms with Gasteiger partial charge in [0.2, 0.25) is 11.7 Å². The number of aromatic nitrogens is 2. The van der Waals surface area contributed by atoms with E-state index in [0.717, 1.165) is 0 Å². The molecule has 0 saturated carbocycles. The van der Waals surface area contributed by atoms with E-state index in [9.17, 15) is 18.9 Å². The maximum Gasteiger partial charge on any atom is 0.275 e. The van der Waals surface area contributed by atoms with Crippen LogP contribution in [-0.4, -0.2) is 15.1 Å². The number of halogens is 3. The van der Waals surface area contributed by atoms with Crippen LogP contribution in [0.3, 0.4) is 0 Å². The van der Waals surface area contributed by atoms with Gasteiger partial charge in [-0.15, -0.1) is 0 Å². The predicted molar refractivity (Wildman–Crippen MR) is 89.8 cm³/mol. The molecule has 0 aliphatic carbocycles. The van der Waals surface area contributed by atoms with Crippen LogP contribution in [0, 0.1) is 21.7 Å². The summed E-state index contributed by atoms with van der Waals surface area (Å²) in [5, 5.41) is 17.5. The van der Waals surface area contributed by atoms with Crippen molar-refractivity contribution >= 4 is 23.0 Å². The maximum absolute atomic E-state index is 14.0. The molecule has 0 bridgehead atoms. The van der Waals surface area contributed by atoms with Crippen molar-refractivity contribution in [3.63, 3.8) is 0 Å². The topological polar surface area (TPSA) is 94.1 Å². The van der Waals surface area contributed by atoms with Crippen molar-refractivity contribution in [2.24, 2.45) is 0 Å². The van der Waals surface area contributed by atoms with Gasteiger partial charge in [-0.2, -0.15) is 4.98 Å². The summed E-state index contributed by atoms with van der Waals surface area (Å²) in [7, 11) is 0. The van der Waals surface area contributed by atoms with Crippen LogP contribution in [0.4, 0.5) is 20.2 Å². The summed E-state index contributed by atoms with van der Waals surface area (Å²) in [5.41, 5.74) is -0.542. The quantitative estimate of drug-likeness (QED) is 0.507. The lowest BCUT2D eigenvalue weighted by molar-refractivity contribution is -0.385. The Bertz CT molecular complexity index is 939. The van der Waals surface area contributed by atoms with Crippen LogP contribution in [0.2, 0.25) is 5.02 Å². The Labute approximate surface area is 150 Å². The van der Waals surface area contributed by atoms with Gasteiger partial charge < -0.3 is 9.84 Å². The predicted octanol–water partition coefficient (Wildman–Crippen LogP) is 4.75. The van der Waals surface area contributed by atoms with E-state index < -0.39 is 34.0 Å². The van der Waals surface area contributed by atoms with Crippen molar-refractivity contribution in [3.05, 3.63) is 69.1 Å².